The van der Waals surface area contributed by atoms with Crippen molar-refractivity contribution in [1.82, 2.24) is 9.62 Å². The highest BCUT2D eigenvalue weighted by molar-refractivity contribution is 7.89. The van der Waals surface area contributed by atoms with Crippen LogP contribution in [0.1, 0.15) is 30.1 Å². The van der Waals surface area contributed by atoms with Crippen LogP contribution in [0.4, 0.5) is 4.79 Å². The van der Waals surface area contributed by atoms with Crippen LogP contribution < -0.4 is 4.72 Å². The molecule has 8 nitrogen and oxygen atoms in total. The van der Waals surface area contributed by atoms with Crippen molar-refractivity contribution in [1.29, 1.82) is 0 Å². The average Bonchev–Trinajstić information content (AvgIpc) is 2.61. The summed E-state index contributed by atoms with van der Waals surface area (Å²) >= 11 is 0. The third kappa shape index (κ3) is 4.93. The van der Waals surface area contributed by atoms with Gasteiger partial charge in [0.1, 0.15) is 0 Å². The summed E-state index contributed by atoms with van der Waals surface area (Å²) in [5, 5.41) is 0. The Labute approximate surface area is 147 Å². The molecule has 1 amide bonds. The fraction of sp³-hybridized carbons (Fsp3) is 0.500. The van der Waals surface area contributed by atoms with Crippen LogP contribution in [-0.4, -0.2) is 58.2 Å². The summed E-state index contributed by atoms with van der Waals surface area (Å²) in [6.07, 6.45) is 0.610. The third-order valence-electron chi connectivity index (χ3n) is 3.91. The molecule has 138 valence electrons. The molecule has 1 aromatic carbocycles. The normalized spacial score (nSPS) is 15.7. The van der Waals surface area contributed by atoms with Crippen molar-refractivity contribution in [2.24, 2.45) is 0 Å². The molecule has 1 N–H and O–H groups in total. The second-order valence-electron chi connectivity index (χ2n) is 5.60. The molecule has 9 heteroatoms. The molecule has 0 radical (unpaired) electrons. The lowest BCUT2D eigenvalue weighted by Gasteiger charge is -2.31. The van der Waals surface area contributed by atoms with Crippen molar-refractivity contribution >= 4 is 22.1 Å². The van der Waals surface area contributed by atoms with Crippen LogP contribution >= 0.6 is 0 Å². The quantitative estimate of drug-likeness (QED) is 0.786. The van der Waals surface area contributed by atoms with E-state index in [1.807, 2.05) is 0 Å². The Kier molecular flexibility index (Phi) is 6.38. The van der Waals surface area contributed by atoms with E-state index >= 15 is 0 Å². The number of methoxy groups -OCH3 is 1. The molecular weight excluding hydrogens is 348 g/mol. The van der Waals surface area contributed by atoms with Crippen LogP contribution in [0.2, 0.25) is 0 Å². The predicted molar refractivity (Wildman–Crippen MR) is 89.7 cm³/mol. The monoisotopic (exact) mass is 370 g/mol. The van der Waals surface area contributed by atoms with Gasteiger partial charge in [-0.15, -0.1) is 0 Å². The number of likely N-dealkylation sites (tertiary alicyclic amines) is 1. The smallest absolute Gasteiger partial charge is 0.409 e. The summed E-state index contributed by atoms with van der Waals surface area (Å²) in [5.41, 5.74) is 0.169. The van der Waals surface area contributed by atoms with E-state index < -0.39 is 16.0 Å². The van der Waals surface area contributed by atoms with Gasteiger partial charge in [0, 0.05) is 19.1 Å². The largest absolute Gasteiger partial charge is 0.465 e. The zero-order valence-electron chi connectivity index (χ0n) is 14.2. The molecule has 2 rings (SSSR count). The first kappa shape index (κ1) is 19.2. The highest BCUT2D eigenvalue weighted by Gasteiger charge is 2.27. The molecular formula is C16H22N2O6S. The van der Waals surface area contributed by atoms with Crippen molar-refractivity contribution < 1.29 is 27.5 Å². The second-order valence-corrected chi connectivity index (χ2v) is 7.31. The fourth-order valence-corrected chi connectivity index (χ4v) is 3.94. The van der Waals surface area contributed by atoms with Crippen molar-refractivity contribution in [3.63, 3.8) is 0 Å². The number of benzene rings is 1. The van der Waals surface area contributed by atoms with Crippen molar-refractivity contribution in [3.05, 3.63) is 29.8 Å². The molecule has 1 heterocycles. The summed E-state index contributed by atoms with van der Waals surface area (Å²) in [5.74, 6) is -0.597. The average molecular weight is 370 g/mol. The lowest BCUT2D eigenvalue weighted by Crippen LogP contribution is -2.46. The zero-order chi connectivity index (χ0) is 18.4. The van der Waals surface area contributed by atoms with E-state index in [0.29, 0.717) is 32.5 Å². The van der Waals surface area contributed by atoms with Crippen LogP contribution in [0.3, 0.4) is 0 Å². The molecule has 1 aliphatic heterocycles. The van der Waals surface area contributed by atoms with Crippen molar-refractivity contribution in [2.45, 2.75) is 30.7 Å². The Morgan fingerprint density at radius 1 is 1.28 bits per heavy atom. The van der Waals surface area contributed by atoms with Crippen LogP contribution in [0.5, 0.6) is 0 Å². The standard InChI is InChI=1S/C16H22N2O6S/c1-3-24-16(20)18-9-7-13(8-10-18)17-25(21,22)14-6-4-5-12(11-14)15(19)23-2/h4-6,11,13,17H,3,7-10H2,1-2H3. The number of piperidine rings is 1. The number of amides is 1. The van der Waals surface area contributed by atoms with E-state index in [-0.39, 0.29) is 22.6 Å². The number of nitrogens with one attached hydrogen (secondary N) is 1. The number of sulfonamides is 1. The van der Waals surface area contributed by atoms with E-state index in [1.54, 1.807) is 11.8 Å². The molecule has 1 aliphatic rings. The van der Waals surface area contributed by atoms with E-state index in [2.05, 4.69) is 9.46 Å². The van der Waals surface area contributed by atoms with Gasteiger partial charge in [-0.25, -0.2) is 22.7 Å². The first-order chi connectivity index (χ1) is 11.9. The molecule has 0 unspecified atom stereocenters. The minimum atomic E-state index is -3.76. The summed E-state index contributed by atoms with van der Waals surface area (Å²) in [6, 6.07) is 5.40. The number of hydrogen-bond acceptors (Lipinski definition) is 6. The van der Waals surface area contributed by atoms with Gasteiger partial charge in [-0.2, -0.15) is 0 Å². The molecule has 1 fully saturated rings. The SMILES string of the molecule is CCOC(=O)N1CCC(NS(=O)(=O)c2cccc(C(=O)OC)c2)CC1. The lowest BCUT2D eigenvalue weighted by molar-refractivity contribution is 0.0600. The summed E-state index contributed by atoms with van der Waals surface area (Å²) < 4.78 is 37.2. The molecule has 25 heavy (non-hydrogen) atoms. The van der Waals surface area contributed by atoms with E-state index in [1.165, 1.54) is 31.4 Å². The number of esters is 1. The maximum Gasteiger partial charge on any atom is 0.409 e. The lowest BCUT2D eigenvalue weighted by atomic mass is 10.1. The van der Waals surface area contributed by atoms with E-state index in [9.17, 15) is 18.0 Å². The molecule has 0 saturated carbocycles. The highest BCUT2D eigenvalue weighted by atomic mass is 32.2. The number of hydrogen-bond donors (Lipinski definition) is 1. The van der Waals surface area contributed by atoms with E-state index in [0.717, 1.165) is 0 Å². The second kappa shape index (κ2) is 8.30. The predicted octanol–water partition coefficient (Wildman–Crippen LogP) is 1.37. The highest BCUT2D eigenvalue weighted by Crippen LogP contribution is 2.17. The van der Waals surface area contributed by atoms with Gasteiger partial charge in [0.25, 0.3) is 0 Å². The van der Waals surface area contributed by atoms with Gasteiger partial charge >= 0.3 is 12.1 Å². The van der Waals surface area contributed by atoms with Gasteiger partial charge in [-0.1, -0.05) is 6.07 Å². The van der Waals surface area contributed by atoms with Crippen LogP contribution in [0, 0.1) is 0 Å². The number of rotatable bonds is 5. The zero-order valence-corrected chi connectivity index (χ0v) is 15.0. The maximum atomic E-state index is 12.5. The van der Waals surface area contributed by atoms with Gasteiger partial charge in [0.2, 0.25) is 10.0 Å². The Bertz CT molecular complexity index is 726. The van der Waals surface area contributed by atoms with Gasteiger partial charge < -0.3 is 14.4 Å². The Morgan fingerprint density at radius 3 is 2.56 bits per heavy atom. The topological polar surface area (TPSA) is 102 Å². The maximum absolute atomic E-state index is 12.5. The first-order valence-corrected chi connectivity index (χ1v) is 9.48. The van der Waals surface area contributed by atoms with Crippen LogP contribution in [0.25, 0.3) is 0 Å². The molecule has 1 saturated heterocycles. The van der Waals surface area contributed by atoms with Gasteiger partial charge in [0.05, 0.1) is 24.2 Å². The fourth-order valence-electron chi connectivity index (χ4n) is 2.59. The summed E-state index contributed by atoms with van der Waals surface area (Å²) in [6.45, 7) is 2.89. The molecule has 0 spiro atoms. The summed E-state index contributed by atoms with van der Waals surface area (Å²) in [4.78, 5) is 24.8. The summed E-state index contributed by atoms with van der Waals surface area (Å²) in [7, 11) is -2.53. The van der Waals surface area contributed by atoms with Crippen molar-refractivity contribution in [3.8, 4) is 0 Å². The molecule has 0 bridgehead atoms. The van der Waals surface area contributed by atoms with E-state index in [4.69, 9.17) is 4.74 Å². The number of nitrogens with zero attached hydrogens (tertiary/aromatic N) is 1. The number of carbonyl (C=O) groups excluding carboxylic acids is 2. The van der Waals surface area contributed by atoms with Crippen LogP contribution in [0.15, 0.2) is 29.2 Å². The first-order valence-electron chi connectivity index (χ1n) is 7.99. The number of ether oxygens (including phenoxy) is 2. The molecule has 0 atom stereocenters. The third-order valence-corrected chi connectivity index (χ3v) is 5.43. The van der Waals surface area contributed by atoms with Gasteiger partial charge in [-0.05, 0) is 38.0 Å². The Balaban J connectivity index is 2.01. The minimum Gasteiger partial charge on any atom is -0.465 e. The van der Waals surface area contributed by atoms with Gasteiger partial charge in [0.15, 0.2) is 0 Å². The molecule has 1 aromatic rings. The van der Waals surface area contributed by atoms with Crippen molar-refractivity contribution in [2.75, 3.05) is 26.8 Å². The number of carbonyl (C=O) groups is 2. The Morgan fingerprint density at radius 2 is 1.96 bits per heavy atom. The van der Waals surface area contributed by atoms with Crippen LogP contribution in [-0.2, 0) is 19.5 Å². The Hall–Kier alpha value is -2.13. The molecule has 0 aromatic heterocycles. The molecule has 0 aliphatic carbocycles. The van der Waals surface area contributed by atoms with Gasteiger partial charge in [-0.3, -0.25) is 0 Å². The minimum absolute atomic E-state index is 0.00298.